The van der Waals surface area contributed by atoms with Gasteiger partial charge >= 0.3 is 0 Å². The molecule has 4 rings (SSSR count). The second-order valence-electron chi connectivity index (χ2n) is 6.19. The lowest BCUT2D eigenvalue weighted by Gasteiger charge is -2.09. The van der Waals surface area contributed by atoms with Crippen molar-refractivity contribution in [1.82, 2.24) is 4.57 Å². The van der Waals surface area contributed by atoms with Crippen molar-refractivity contribution < 1.29 is 9.53 Å². The maximum atomic E-state index is 12.8. The molecule has 3 nitrogen and oxygen atoms in total. The van der Waals surface area contributed by atoms with Gasteiger partial charge in [0.2, 0.25) is 5.78 Å². The second-order valence-corrected chi connectivity index (χ2v) is 7.55. The number of fused-ring (bicyclic) bond motifs is 1. The smallest absolute Gasteiger partial charge is 0.205 e. The summed E-state index contributed by atoms with van der Waals surface area (Å²) < 4.78 is 7.90. The Labute approximate surface area is 166 Å². The fourth-order valence-corrected chi connectivity index (χ4v) is 4.00. The number of carbonyl (C=O) groups excluding carboxylic acids is 1. The van der Waals surface area contributed by atoms with Crippen molar-refractivity contribution in [2.45, 2.75) is 13.0 Å². The molecule has 5 heteroatoms. The first-order valence-corrected chi connectivity index (χ1v) is 10.0. The second kappa shape index (κ2) is 7.99. The van der Waals surface area contributed by atoms with Crippen LogP contribution >= 0.6 is 22.9 Å². The van der Waals surface area contributed by atoms with Crippen LogP contribution in [0.1, 0.15) is 21.7 Å². The predicted octanol–water partition coefficient (Wildman–Crippen LogP) is 6.06. The highest BCUT2D eigenvalue weighted by Crippen LogP contribution is 2.26. The Hall–Kier alpha value is -2.56. The van der Waals surface area contributed by atoms with E-state index in [0.29, 0.717) is 17.4 Å². The van der Waals surface area contributed by atoms with Crippen molar-refractivity contribution in [2.75, 3.05) is 6.61 Å². The summed E-state index contributed by atoms with van der Waals surface area (Å²) in [6, 6.07) is 19.3. The van der Waals surface area contributed by atoms with Crippen LogP contribution < -0.4 is 4.74 Å². The molecule has 0 aliphatic heterocycles. The van der Waals surface area contributed by atoms with E-state index in [1.54, 1.807) is 0 Å². The quantitative estimate of drug-likeness (QED) is 0.281. The van der Waals surface area contributed by atoms with Crippen LogP contribution in [-0.4, -0.2) is 17.0 Å². The van der Waals surface area contributed by atoms with Crippen LogP contribution in [-0.2, 0) is 6.54 Å². The van der Waals surface area contributed by atoms with Gasteiger partial charge in [-0.2, -0.15) is 0 Å². The summed E-state index contributed by atoms with van der Waals surface area (Å²) in [5, 5.41) is 3.54. The van der Waals surface area contributed by atoms with E-state index < -0.39 is 0 Å². The van der Waals surface area contributed by atoms with Crippen molar-refractivity contribution in [3.8, 4) is 5.75 Å². The van der Waals surface area contributed by atoms with Crippen molar-refractivity contribution in [3.63, 3.8) is 0 Å². The predicted molar refractivity (Wildman–Crippen MR) is 111 cm³/mol. The molecule has 0 unspecified atom stereocenters. The van der Waals surface area contributed by atoms with E-state index in [-0.39, 0.29) is 5.78 Å². The van der Waals surface area contributed by atoms with E-state index in [4.69, 9.17) is 16.3 Å². The number of hydrogen-bond donors (Lipinski definition) is 0. The Morgan fingerprint density at radius 1 is 1.04 bits per heavy atom. The summed E-state index contributed by atoms with van der Waals surface area (Å²) in [7, 11) is 0. The van der Waals surface area contributed by atoms with Gasteiger partial charge in [-0.05, 0) is 36.1 Å². The summed E-state index contributed by atoms with van der Waals surface area (Å²) in [4.78, 5) is 13.6. The lowest BCUT2D eigenvalue weighted by Crippen LogP contribution is -2.04. The number of halogens is 1. The van der Waals surface area contributed by atoms with Gasteiger partial charge in [-0.25, -0.2) is 0 Å². The van der Waals surface area contributed by atoms with Gasteiger partial charge in [0.15, 0.2) is 0 Å². The lowest BCUT2D eigenvalue weighted by atomic mass is 10.1. The average Bonchev–Trinajstić information content (AvgIpc) is 3.35. The van der Waals surface area contributed by atoms with Crippen LogP contribution in [0.5, 0.6) is 5.75 Å². The van der Waals surface area contributed by atoms with E-state index >= 15 is 0 Å². The van der Waals surface area contributed by atoms with E-state index in [1.165, 1.54) is 11.3 Å². The number of ketones is 1. The van der Waals surface area contributed by atoms with Crippen LogP contribution in [0.4, 0.5) is 0 Å². The number of hydrogen-bond acceptors (Lipinski definition) is 3. The van der Waals surface area contributed by atoms with Crippen LogP contribution in [0, 0.1) is 0 Å². The molecule has 0 fully saturated rings. The monoisotopic (exact) mass is 395 g/mol. The molecule has 0 saturated carbocycles. The van der Waals surface area contributed by atoms with E-state index in [0.717, 1.165) is 34.3 Å². The van der Waals surface area contributed by atoms with Gasteiger partial charge in [0, 0.05) is 29.2 Å². The molecule has 0 N–H and O–H groups in total. The molecule has 0 aliphatic carbocycles. The number of rotatable bonds is 7. The number of thiophene rings is 1. The van der Waals surface area contributed by atoms with Crippen molar-refractivity contribution in [2.24, 2.45) is 0 Å². The van der Waals surface area contributed by atoms with Gasteiger partial charge < -0.3 is 9.30 Å². The minimum absolute atomic E-state index is 0.0762. The molecule has 0 saturated heterocycles. The molecule has 2 aromatic carbocycles. The Kier molecular flexibility index (Phi) is 5.28. The summed E-state index contributed by atoms with van der Waals surface area (Å²) in [5.41, 5.74) is 1.82. The molecule has 0 amide bonds. The van der Waals surface area contributed by atoms with Gasteiger partial charge in [-0.1, -0.05) is 48.0 Å². The number of carbonyl (C=O) groups is 1. The number of para-hydroxylation sites is 2. The van der Waals surface area contributed by atoms with Gasteiger partial charge in [0.05, 0.1) is 16.5 Å². The fraction of sp³-hybridized carbons (Fsp3) is 0.136. The zero-order valence-electron chi connectivity index (χ0n) is 14.6. The zero-order chi connectivity index (χ0) is 18.6. The Bertz CT molecular complexity index is 1070. The molecular weight excluding hydrogens is 378 g/mol. The number of benzene rings is 2. The molecule has 2 aromatic heterocycles. The minimum Gasteiger partial charge on any atom is -0.492 e. The van der Waals surface area contributed by atoms with Crippen molar-refractivity contribution >= 4 is 39.6 Å². The third kappa shape index (κ3) is 3.77. The molecule has 27 heavy (non-hydrogen) atoms. The first-order valence-electron chi connectivity index (χ1n) is 8.77. The van der Waals surface area contributed by atoms with Gasteiger partial charge in [0.1, 0.15) is 5.75 Å². The molecule has 0 aliphatic rings. The van der Waals surface area contributed by atoms with Crippen LogP contribution in [0.25, 0.3) is 10.9 Å². The molecule has 4 aromatic rings. The Balaban J connectivity index is 1.51. The third-order valence-electron chi connectivity index (χ3n) is 4.42. The molecule has 0 spiro atoms. The Morgan fingerprint density at radius 3 is 2.67 bits per heavy atom. The molecule has 136 valence electrons. The first kappa shape index (κ1) is 17.8. The minimum atomic E-state index is 0.0762. The Morgan fingerprint density at radius 2 is 1.85 bits per heavy atom. The molecule has 2 heterocycles. The number of aromatic nitrogens is 1. The lowest BCUT2D eigenvalue weighted by molar-refractivity contribution is 0.104. The summed E-state index contributed by atoms with van der Waals surface area (Å²) >= 11 is 7.59. The molecular formula is C22H18ClNO2S. The number of aryl methyl sites for hydroxylation is 1. The number of ether oxygens (including phenoxy) is 1. The number of nitrogens with zero attached hydrogens (tertiary/aromatic N) is 1. The highest BCUT2D eigenvalue weighted by molar-refractivity contribution is 7.12. The van der Waals surface area contributed by atoms with E-state index in [2.05, 4.69) is 10.6 Å². The normalized spacial score (nSPS) is 11.0. The third-order valence-corrected chi connectivity index (χ3v) is 5.60. The fourth-order valence-electron chi connectivity index (χ4n) is 3.13. The topological polar surface area (TPSA) is 31.2 Å². The maximum Gasteiger partial charge on any atom is 0.205 e. The van der Waals surface area contributed by atoms with Gasteiger partial charge in [0.25, 0.3) is 0 Å². The average molecular weight is 396 g/mol. The van der Waals surface area contributed by atoms with E-state index in [9.17, 15) is 4.79 Å². The van der Waals surface area contributed by atoms with Crippen LogP contribution in [0.3, 0.4) is 0 Å². The van der Waals surface area contributed by atoms with Crippen molar-refractivity contribution in [3.05, 3.63) is 87.7 Å². The van der Waals surface area contributed by atoms with Crippen molar-refractivity contribution in [1.29, 1.82) is 0 Å². The molecule has 0 radical (unpaired) electrons. The molecule has 0 bridgehead atoms. The SMILES string of the molecule is O=C(c1cccs1)c1cn(CCCOc2ccccc2Cl)c2ccccc12. The van der Waals surface area contributed by atoms with Crippen LogP contribution in [0.2, 0.25) is 5.02 Å². The largest absolute Gasteiger partial charge is 0.492 e. The molecule has 0 atom stereocenters. The van der Waals surface area contributed by atoms with Gasteiger partial charge in [-0.15, -0.1) is 11.3 Å². The summed E-state index contributed by atoms with van der Waals surface area (Å²) in [6.45, 7) is 1.33. The summed E-state index contributed by atoms with van der Waals surface area (Å²) in [5.74, 6) is 0.775. The first-order chi connectivity index (χ1) is 13.2. The summed E-state index contributed by atoms with van der Waals surface area (Å²) in [6.07, 6.45) is 2.78. The van der Waals surface area contributed by atoms with Crippen LogP contribution in [0.15, 0.2) is 72.2 Å². The maximum absolute atomic E-state index is 12.8. The standard InChI is InChI=1S/C22H18ClNO2S/c23-18-8-2-4-10-20(18)26-13-6-12-24-15-17(16-7-1-3-9-19(16)24)22(25)21-11-5-14-27-21/h1-5,7-11,14-15H,6,12-13H2. The van der Waals surface area contributed by atoms with E-state index in [1.807, 2.05) is 66.2 Å². The van der Waals surface area contributed by atoms with Gasteiger partial charge in [-0.3, -0.25) is 4.79 Å². The highest BCUT2D eigenvalue weighted by Gasteiger charge is 2.17. The highest BCUT2D eigenvalue weighted by atomic mass is 35.5. The zero-order valence-corrected chi connectivity index (χ0v) is 16.2.